The molecule has 0 atom stereocenters. The molecule has 0 unspecified atom stereocenters. The Morgan fingerprint density at radius 1 is 1.78 bits per heavy atom. The molecule has 0 aliphatic heterocycles. The van der Waals surface area contributed by atoms with Gasteiger partial charge < -0.3 is 0 Å². The highest BCUT2D eigenvalue weighted by molar-refractivity contribution is 6.32. The van der Waals surface area contributed by atoms with Gasteiger partial charge in [0.1, 0.15) is 0 Å². The SMILES string of the molecule is O=CC(=O)c1cn[nH]n1. The number of aromatic amines is 1. The molecule has 0 saturated carbocycles. The van der Waals surface area contributed by atoms with Crippen molar-refractivity contribution in [3.63, 3.8) is 0 Å². The van der Waals surface area contributed by atoms with Gasteiger partial charge in [0, 0.05) is 0 Å². The molecule has 0 aliphatic rings. The lowest BCUT2D eigenvalue weighted by Gasteiger charge is -1.75. The Balaban J connectivity index is 2.89. The van der Waals surface area contributed by atoms with Crippen LogP contribution >= 0.6 is 0 Å². The summed E-state index contributed by atoms with van der Waals surface area (Å²) in [5.74, 6) is -0.663. The Morgan fingerprint density at radius 2 is 2.56 bits per heavy atom. The summed E-state index contributed by atoms with van der Waals surface area (Å²) in [4.78, 5) is 20.2. The van der Waals surface area contributed by atoms with Gasteiger partial charge in [0.2, 0.25) is 5.78 Å². The minimum absolute atomic E-state index is 0.0463. The summed E-state index contributed by atoms with van der Waals surface area (Å²) in [7, 11) is 0. The van der Waals surface area contributed by atoms with Crippen molar-refractivity contribution in [2.45, 2.75) is 0 Å². The van der Waals surface area contributed by atoms with Crippen molar-refractivity contribution in [3.05, 3.63) is 11.9 Å². The molecule has 0 aliphatic carbocycles. The van der Waals surface area contributed by atoms with E-state index >= 15 is 0 Å². The van der Waals surface area contributed by atoms with Gasteiger partial charge in [0.05, 0.1) is 6.20 Å². The van der Waals surface area contributed by atoms with Crippen LogP contribution in [0.15, 0.2) is 6.20 Å². The van der Waals surface area contributed by atoms with Crippen LogP contribution < -0.4 is 0 Å². The van der Waals surface area contributed by atoms with Gasteiger partial charge in [-0.2, -0.15) is 15.4 Å². The molecular weight excluding hydrogens is 122 g/mol. The molecule has 0 aromatic carbocycles. The predicted molar refractivity (Wildman–Crippen MR) is 26.8 cm³/mol. The number of nitrogens with zero attached hydrogens (tertiary/aromatic N) is 2. The maximum absolute atomic E-state index is 10.4. The van der Waals surface area contributed by atoms with Crippen molar-refractivity contribution in [1.82, 2.24) is 15.4 Å². The summed E-state index contributed by atoms with van der Waals surface area (Å²) in [5.41, 5.74) is 0.0463. The molecule has 0 amide bonds. The lowest BCUT2D eigenvalue weighted by molar-refractivity contribution is -0.104. The first kappa shape index (κ1) is 5.61. The molecule has 1 N–H and O–H groups in total. The van der Waals surface area contributed by atoms with Crippen molar-refractivity contribution in [2.75, 3.05) is 0 Å². The van der Waals surface area contributed by atoms with Gasteiger partial charge in [-0.3, -0.25) is 9.59 Å². The molecule has 1 aromatic rings. The summed E-state index contributed by atoms with van der Waals surface area (Å²) in [6.07, 6.45) is 1.38. The number of aldehydes is 1. The number of Topliss-reactive ketones (excluding diaryl/α,β-unsaturated/α-hetero) is 1. The van der Waals surface area contributed by atoms with E-state index in [9.17, 15) is 9.59 Å². The molecule has 5 heteroatoms. The van der Waals surface area contributed by atoms with Gasteiger partial charge in [-0.1, -0.05) is 0 Å². The van der Waals surface area contributed by atoms with E-state index in [1.807, 2.05) is 0 Å². The van der Waals surface area contributed by atoms with Gasteiger partial charge in [0.15, 0.2) is 12.0 Å². The quantitative estimate of drug-likeness (QED) is 0.318. The van der Waals surface area contributed by atoms with Crippen molar-refractivity contribution in [3.8, 4) is 0 Å². The molecule has 0 bridgehead atoms. The maximum Gasteiger partial charge on any atom is 0.247 e. The van der Waals surface area contributed by atoms with E-state index in [2.05, 4.69) is 15.4 Å². The number of rotatable bonds is 2. The second kappa shape index (κ2) is 2.17. The topological polar surface area (TPSA) is 75.7 Å². The number of carbonyl (C=O) groups excluding carboxylic acids is 2. The standard InChI is InChI=1S/C4H3N3O2/c8-2-4(9)3-1-5-7-6-3/h1-2H,(H,5,6,7). The van der Waals surface area contributed by atoms with E-state index < -0.39 is 5.78 Å². The number of H-pyrrole nitrogens is 1. The first-order chi connectivity index (χ1) is 4.34. The predicted octanol–water partition coefficient (Wildman–Crippen LogP) is -0.814. The molecule has 1 rings (SSSR count). The van der Waals surface area contributed by atoms with Gasteiger partial charge >= 0.3 is 0 Å². The van der Waals surface area contributed by atoms with Crippen LogP contribution in [0.2, 0.25) is 0 Å². The Morgan fingerprint density at radius 3 is 3.00 bits per heavy atom. The molecule has 1 aromatic heterocycles. The molecule has 0 fully saturated rings. The Labute approximate surface area is 50.1 Å². The minimum atomic E-state index is -0.663. The van der Waals surface area contributed by atoms with Crippen molar-refractivity contribution in [1.29, 1.82) is 0 Å². The van der Waals surface area contributed by atoms with Crippen LogP contribution in [0.3, 0.4) is 0 Å². The largest absolute Gasteiger partial charge is 0.294 e. The third kappa shape index (κ3) is 0.987. The smallest absolute Gasteiger partial charge is 0.247 e. The monoisotopic (exact) mass is 125 g/mol. The van der Waals surface area contributed by atoms with E-state index in [0.717, 1.165) is 0 Å². The van der Waals surface area contributed by atoms with E-state index in [0.29, 0.717) is 0 Å². The number of carbonyl (C=O) groups is 2. The lowest BCUT2D eigenvalue weighted by Crippen LogP contribution is -1.99. The zero-order chi connectivity index (χ0) is 6.69. The van der Waals surface area contributed by atoms with Crippen molar-refractivity contribution >= 4 is 12.1 Å². The number of aromatic nitrogens is 3. The summed E-state index contributed by atoms with van der Waals surface area (Å²) in [6, 6.07) is 0. The highest BCUT2D eigenvalue weighted by atomic mass is 16.2. The fourth-order valence-electron chi connectivity index (χ4n) is 0.381. The summed E-state index contributed by atoms with van der Waals surface area (Å²) < 4.78 is 0. The van der Waals surface area contributed by atoms with Gasteiger partial charge in [-0.25, -0.2) is 0 Å². The average Bonchev–Trinajstić information content (AvgIpc) is 2.37. The molecule has 1 heterocycles. The highest BCUT2D eigenvalue weighted by Crippen LogP contribution is 1.85. The Bertz CT molecular complexity index is 216. The van der Waals surface area contributed by atoms with E-state index in [1.165, 1.54) is 6.20 Å². The molecule has 0 saturated heterocycles. The lowest BCUT2D eigenvalue weighted by atomic mass is 10.3. The van der Waals surface area contributed by atoms with Crippen LogP contribution in [0.25, 0.3) is 0 Å². The average molecular weight is 125 g/mol. The maximum atomic E-state index is 10.4. The second-order valence-electron chi connectivity index (χ2n) is 1.34. The van der Waals surface area contributed by atoms with E-state index in [4.69, 9.17) is 0 Å². The molecule has 5 nitrogen and oxygen atoms in total. The van der Waals surface area contributed by atoms with Crippen LogP contribution in [0, 0.1) is 0 Å². The zero-order valence-electron chi connectivity index (χ0n) is 4.37. The fourth-order valence-corrected chi connectivity index (χ4v) is 0.381. The molecular formula is C4H3N3O2. The molecule has 0 radical (unpaired) electrons. The van der Waals surface area contributed by atoms with Crippen LogP contribution in [0.1, 0.15) is 10.5 Å². The minimum Gasteiger partial charge on any atom is -0.294 e. The summed E-state index contributed by atoms with van der Waals surface area (Å²) in [5, 5.41) is 8.91. The summed E-state index contributed by atoms with van der Waals surface area (Å²) >= 11 is 0. The Kier molecular flexibility index (Phi) is 1.35. The Hall–Kier alpha value is -1.52. The number of nitrogens with one attached hydrogen (secondary N) is 1. The molecule has 46 valence electrons. The normalized spacial score (nSPS) is 8.89. The molecule has 0 spiro atoms. The van der Waals surface area contributed by atoms with Crippen LogP contribution in [0.5, 0.6) is 0 Å². The summed E-state index contributed by atoms with van der Waals surface area (Å²) in [6.45, 7) is 0. The molecule has 9 heavy (non-hydrogen) atoms. The first-order valence-corrected chi connectivity index (χ1v) is 2.20. The van der Waals surface area contributed by atoms with Crippen LogP contribution in [-0.4, -0.2) is 27.5 Å². The number of ketones is 1. The fraction of sp³-hybridized carbons (Fsp3) is 0. The number of hydrogen-bond acceptors (Lipinski definition) is 4. The highest BCUT2D eigenvalue weighted by Gasteiger charge is 2.04. The zero-order valence-corrected chi connectivity index (χ0v) is 4.37. The first-order valence-electron chi connectivity index (χ1n) is 2.20. The van der Waals surface area contributed by atoms with E-state index in [1.54, 1.807) is 0 Å². The third-order valence-corrected chi connectivity index (χ3v) is 0.775. The number of hydrogen-bond donors (Lipinski definition) is 1. The van der Waals surface area contributed by atoms with E-state index in [-0.39, 0.29) is 12.0 Å². The van der Waals surface area contributed by atoms with Crippen LogP contribution in [0.4, 0.5) is 0 Å². The second-order valence-corrected chi connectivity index (χ2v) is 1.34. The van der Waals surface area contributed by atoms with Crippen LogP contribution in [-0.2, 0) is 4.79 Å². The van der Waals surface area contributed by atoms with Gasteiger partial charge in [0.25, 0.3) is 0 Å². The third-order valence-electron chi connectivity index (χ3n) is 0.775. The van der Waals surface area contributed by atoms with Gasteiger partial charge in [-0.05, 0) is 0 Å². The van der Waals surface area contributed by atoms with Crippen molar-refractivity contribution in [2.24, 2.45) is 0 Å². The van der Waals surface area contributed by atoms with Gasteiger partial charge in [-0.15, -0.1) is 0 Å². The van der Waals surface area contributed by atoms with Crippen molar-refractivity contribution < 1.29 is 9.59 Å².